The van der Waals surface area contributed by atoms with Crippen LogP contribution in [-0.4, -0.2) is 71.7 Å². The lowest BCUT2D eigenvalue weighted by Gasteiger charge is -2.50. The molecule has 1 saturated carbocycles. The fraction of sp³-hybridized carbons (Fsp3) is 0.615. The number of likely N-dealkylation sites (tertiary alicyclic amines) is 1. The van der Waals surface area contributed by atoms with Gasteiger partial charge >= 0.3 is 6.03 Å². The molecule has 2 fully saturated rings. The van der Waals surface area contributed by atoms with Gasteiger partial charge in [0.2, 0.25) is 5.91 Å². The van der Waals surface area contributed by atoms with Gasteiger partial charge < -0.3 is 29.9 Å². The highest BCUT2D eigenvalue weighted by Gasteiger charge is 2.49. The topological polar surface area (TPSA) is 97.9 Å². The van der Waals surface area contributed by atoms with Crippen molar-refractivity contribution >= 4 is 22.8 Å². The fourth-order valence-corrected chi connectivity index (χ4v) is 6.03. The number of hydrogen-bond donors (Lipinski definition) is 3. The summed E-state index contributed by atoms with van der Waals surface area (Å²) in [7, 11) is 1.65. The summed E-state index contributed by atoms with van der Waals surface area (Å²) in [6, 6.07) is 5.44. The van der Waals surface area contributed by atoms with E-state index in [4.69, 9.17) is 4.74 Å². The Kier molecular flexibility index (Phi) is 6.18. The minimum atomic E-state index is -0.439. The van der Waals surface area contributed by atoms with Crippen molar-refractivity contribution in [2.24, 2.45) is 5.92 Å². The molecular formula is C26H36N4O4. The molecule has 8 nitrogen and oxygen atoms in total. The van der Waals surface area contributed by atoms with E-state index in [0.29, 0.717) is 32.1 Å². The number of urea groups is 1. The predicted molar refractivity (Wildman–Crippen MR) is 130 cm³/mol. The molecule has 3 amide bonds. The van der Waals surface area contributed by atoms with E-state index >= 15 is 0 Å². The molecule has 0 unspecified atom stereocenters. The molecule has 184 valence electrons. The van der Waals surface area contributed by atoms with Crippen LogP contribution >= 0.6 is 0 Å². The molecule has 3 aliphatic rings. The lowest BCUT2D eigenvalue weighted by atomic mass is 9.68. The van der Waals surface area contributed by atoms with Crippen molar-refractivity contribution in [2.45, 2.75) is 56.9 Å². The van der Waals surface area contributed by atoms with Crippen molar-refractivity contribution in [1.29, 1.82) is 0 Å². The number of carbonyl (C=O) groups is 2. The Labute approximate surface area is 200 Å². The van der Waals surface area contributed by atoms with Gasteiger partial charge in [-0.05, 0) is 49.8 Å². The maximum atomic E-state index is 13.2. The highest BCUT2D eigenvalue weighted by Crippen LogP contribution is 2.49. The summed E-state index contributed by atoms with van der Waals surface area (Å²) in [6.45, 7) is 4.40. The summed E-state index contributed by atoms with van der Waals surface area (Å²) < 4.78 is 5.44. The maximum absolute atomic E-state index is 13.2. The molecule has 8 heteroatoms. The van der Waals surface area contributed by atoms with Crippen molar-refractivity contribution in [3.05, 3.63) is 29.5 Å². The summed E-state index contributed by atoms with van der Waals surface area (Å²) in [5.74, 6) is 1.26. The van der Waals surface area contributed by atoms with Crippen LogP contribution in [0, 0.1) is 5.92 Å². The first-order valence-corrected chi connectivity index (χ1v) is 12.7. The van der Waals surface area contributed by atoms with Crippen LogP contribution < -0.4 is 10.1 Å². The van der Waals surface area contributed by atoms with Crippen LogP contribution in [0.5, 0.6) is 5.75 Å². The van der Waals surface area contributed by atoms with Gasteiger partial charge in [-0.15, -0.1) is 0 Å². The van der Waals surface area contributed by atoms with Crippen LogP contribution in [-0.2, 0) is 10.2 Å². The maximum Gasteiger partial charge on any atom is 0.318 e. The number of aliphatic hydroxyl groups is 1. The van der Waals surface area contributed by atoms with E-state index in [1.807, 2.05) is 24.0 Å². The average Bonchev–Trinajstić information content (AvgIpc) is 3.21. The number of ether oxygens (including phenoxy) is 1. The number of piperidine rings is 1. The quantitative estimate of drug-likeness (QED) is 0.627. The number of nitrogens with one attached hydrogen (secondary N) is 2. The van der Waals surface area contributed by atoms with E-state index in [9.17, 15) is 14.7 Å². The number of aromatic nitrogens is 1. The number of methoxy groups -OCH3 is 1. The lowest BCUT2D eigenvalue weighted by molar-refractivity contribution is -0.140. The van der Waals surface area contributed by atoms with Gasteiger partial charge in [0.1, 0.15) is 5.75 Å². The Bertz CT molecular complexity index is 1070. The van der Waals surface area contributed by atoms with Crippen molar-refractivity contribution in [1.82, 2.24) is 20.1 Å². The minimum Gasteiger partial charge on any atom is -0.497 e. The summed E-state index contributed by atoms with van der Waals surface area (Å²) in [4.78, 5) is 33.5. The number of benzene rings is 1. The van der Waals surface area contributed by atoms with Crippen LogP contribution in [0.15, 0.2) is 18.2 Å². The number of rotatable bonds is 5. The summed E-state index contributed by atoms with van der Waals surface area (Å²) >= 11 is 0. The van der Waals surface area contributed by atoms with Gasteiger partial charge in [0.25, 0.3) is 0 Å². The van der Waals surface area contributed by atoms with Crippen molar-refractivity contribution < 1.29 is 19.4 Å². The zero-order valence-electron chi connectivity index (χ0n) is 20.2. The fourth-order valence-electron chi connectivity index (χ4n) is 6.03. The number of hydrogen-bond acceptors (Lipinski definition) is 4. The molecule has 1 spiro atoms. The SMILES string of the molecule is CCCNC(=O)N1CC2(CCN(C(=O)C3CCC3)CC2)c2c([nH]c3cc(OC)ccc23)[C@H]1CO. The first-order chi connectivity index (χ1) is 16.5. The van der Waals surface area contributed by atoms with Crippen molar-refractivity contribution in [3.8, 4) is 5.75 Å². The van der Waals surface area contributed by atoms with E-state index in [1.165, 1.54) is 5.56 Å². The van der Waals surface area contributed by atoms with Crippen LogP contribution in [0.25, 0.3) is 10.9 Å². The Morgan fingerprint density at radius 3 is 2.65 bits per heavy atom. The number of H-pyrrole nitrogens is 1. The Morgan fingerprint density at radius 2 is 2.03 bits per heavy atom. The summed E-state index contributed by atoms with van der Waals surface area (Å²) in [5, 5.41) is 14.5. The molecule has 3 N–H and O–H groups in total. The van der Waals surface area contributed by atoms with Crippen LogP contribution in [0.2, 0.25) is 0 Å². The minimum absolute atomic E-state index is 0.143. The second-order valence-electron chi connectivity index (χ2n) is 10.1. The number of aliphatic hydroxyl groups excluding tert-OH is 1. The Balaban J connectivity index is 1.54. The highest BCUT2D eigenvalue weighted by molar-refractivity contribution is 5.89. The standard InChI is InChI=1S/C26H36N4O4/c1-3-11-27-25(33)30-16-26(9-12-29(13-10-26)24(32)17-5-4-6-17)22-19-8-7-18(34-2)14-20(19)28-23(22)21(30)15-31/h7-8,14,17,21,28,31H,3-6,9-13,15-16H2,1-2H3,(H,27,33)/t21-/m1/s1. The second-order valence-corrected chi connectivity index (χ2v) is 10.1. The predicted octanol–water partition coefficient (Wildman–Crippen LogP) is 3.31. The third-order valence-electron chi connectivity index (χ3n) is 8.19. The van der Waals surface area contributed by atoms with Crippen molar-refractivity contribution in [3.63, 3.8) is 0 Å². The largest absolute Gasteiger partial charge is 0.497 e. The summed E-state index contributed by atoms with van der Waals surface area (Å²) in [5.41, 5.74) is 2.78. The normalized spacial score (nSPS) is 21.9. The van der Waals surface area contributed by atoms with Gasteiger partial charge in [0.15, 0.2) is 0 Å². The number of carbonyl (C=O) groups excluding carboxylic acids is 2. The molecule has 0 bridgehead atoms. The Hall–Kier alpha value is -2.74. The van der Waals surface area contributed by atoms with Gasteiger partial charge in [0.05, 0.1) is 19.8 Å². The van der Waals surface area contributed by atoms with Gasteiger partial charge in [-0.1, -0.05) is 13.3 Å². The average molecular weight is 469 g/mol. The van der Waals surface area contributed by atoms with Gasteiger partial charge in [-0.25, -0.2) is 4.79 Å². The zero-order chi connectivity index (χ0) is 23.9. The van der Waals surface area contributed by atoms with Crippen LogP contribution in [0.4, 0.5) is 4.79 Å². The molecule has 2 aliphatic heterocycles. The van der Waals surface area contributed by atoms with E-state index in [-0.39, 0.29) is 24.0 Å². The van der Waals surface area contributed by atoms with Crippen molar-refractivity contribution in [2.75, 3.05) is 39.9 Å². The van der Waals surface area contributed by atoms with Crippen LogP contribution in [0.1, 0.15) is 62.7 Å². The van der Waals surface area contributed by atoms with E-state index < -0.39 is 6.04 Å². The zero-order valence-corrected chi connectivity index (χ0v) is 20.2. The van der Waals surface area contributed by atoms with E-state index in [0.717, 1.165) is 60.9 Å². The first-order valence-electron chi connectivity index (χ1n) is 12.7. The lowest BCUT2D eigenvalue weighted by Crippen LogP contribution is -2.58. The number of fused-ring (bicyclic) bond motifs is 4. The molecule has 1 saturated heterocycles. The second kappa shape index (κ2) is 9.13. The molecule has 1 atom stereocenters. The highest BCUT2D eigenvalue weighted by atomic mass is 16.5. The smallest absolute Gasteiger partial charge is 0.318 e. The van der Waals surface area contributed by atoms with Gasteiger partial charge in [-0.2, -0.15) is 0 Å². The van der Waals surface area contributed by atoms with E-state index in [1.54, 1.807) is 12.0 Å². The number of amides is 3. The monoisotopic (exact) mass is 468 g/mol. The molecule has 3 heterocycles. The molecular weight excluding hydrogens is 432 g/mol. The molecule has 2 aromatic rings. The molecule has 1 aromatic heterocycles. The number of nitrogens with zero attached hydrogens (tertiary/aromatic N) is 2. The summed E-state index contributed by atoms with van der Waals surface area (Å²) in [6.07, 6.45) is 5.63. The van der Waals surface area contributed by atoms with E-state index in [2.05, 4.69) is 16.4 Å². The molecule has 34 heavy (non-hydrogen) atoms. The number of aromatic amines is 1. The van der Waals surface area contributed by atoms with Gasteiger partial charge in [0, 0.05) is 60.2 Å². The Morgan fingerprint density at radius 1 is 1.26 bits per heavy atom. The van der Waals surface area contributed by atoms with Crippen LogP contribution in [0.3, 0.4) is 0 Å². The first kappa shape index (κ1) is 23.0. The molecule has 5 rings (SSSR count). The third kappa shape index (κ3) is 3.72. The van der Waals surface area contributed by atoms with Gasteiger partial charge in [-0.3, -0.25) is 4.79 Å². The molecule has 1 aliphatic carbocycles. The molecule has 0 radical (unpaired) electrons. The third-order valence-corrected chi connectivity index (χ3v) is 8.19. The molecule has 1 aromatic carbocycles.